The smallest absolute Gasteiger partial charge is 0.261 e. The topological polar surface area (TPSA) is 80.6 Å². The van der Waals surface area contributed by atoms with E-state index in [1.54, 1.807) is 26.0 Å². The van der Waals surface area contributed by atoms with E-state index in [4.69, 9.17) is 4.74 Å². The largest absolute Gasteiger partial charge is 0.497 e. The first-order chi connectivity index (χ1) is 23.8. The van der Waals surface area contributed by atoms with E-state index in [-0.39, 0.29) is 23.7 Å². The monoisotopic (exact) mass is 681 g/mol. The van der Waals surface area contributed by atoms with E-state index in [1.165, 1.54) is 67.2 Å². The molecule has 8 heteroatoms. The van der Waals surface area contributed by atoms with Crippen LogP contribution in [0.5, 0.6) is 0 Å². The van der Waals surface area contributed by atoms with Crippen LogP contribution >= 0.6 is 11.9 Å². The standard InChI is InChI=1S/C41H51N3O4S/c1-24(45)26-9-6-10-28-21-43(22-29(28)17-26)40(47)41-20-35(41)34-19-30(48-2)12-16-32(34)38-37(25-7-4-3-5-8-25)33-15-11-27(18-36(33)44(38)23-41)39(46)42-49-31-13-14-31/h11-12,15,18-19,25-26,28-29,31-32,35H,3-10,13-14,16-17,20-23H2,1-2H3,(H,42,46). The van der Waals surface area contributed by atoms with Crippen LogP contribution in [-0.4, -0.2) is 52.5 Å². The molecule has 9 rings (SSSR count). The van der Waals surface area contributed by atoms with Crippen LogP contribution in [0.2, 0.25) is 0 Å². The highest BCUT2D eigenvalue weighted by Crippen LogP contribution is 2.66. The number of benzene rings is 1. The van der Waals surface area contributed by atoms with Gasteiger partial charge in [-0.15, -0.1) is 0 Å². The Labute approximate surface area is 294 Å². The molecule has 5 fully saturated rings. The lowest BCUT2D eigenvalue weighted by Crippen LogP contribution is -2.39. The number of hydrogen-bond acceptors (Lipinski definition) is 5. The molecule has 1 aromatic carbocycles. The lowest BCUT2D eigenvalue weighted by molar-refractivity contribution is -0.137. The minimum atomic E-state index is -0.495. The van der Waals surface area contributed by atoms with Gasteiger partial charge in [0.1, 0.15) is 11.5 Å². The fraction of sp³-hybridized carbons (Fsp3) is 0.634. The van der Waals surface area contributed by atoms with Crippen LogP contribution in [0.3, 0.4) is 0 Å². The van der Waals surface area contributed by atoms with Crippen LogP contribution in [0.4, 0.5) is 0 Å². The fourth-order valence-corrected chi connectivity index (χ4v) is 11.5. The van der Waals surface area contributed by atoms with Gasteiger partial charge in [-0.1, -0.05) is 37.3 Å². The van der Waals surface area contributed by atoms with E-state index in [1.807, 2.05) is 6.07 Å². The first kappa shape index (κ1) is 31.9. The number of allylic oxidation sites excluding steroid dienone is 3. The van der Waals surface area contributed by atoms with Crippen LogP contribution in [0.15, 0.2) is 41.7 Å². The highest BCUT2D eigenvalue weighted by Gasteiger charge is 2.66. The van der Waals surface area contributed by atoms with Crippen molar-refractivity contribution in [2.75, 3.05) is 20.2 Å². The molecule has 1 saturated heterocycles. The Morgan fingerprint density at radius 1 is 0.980 bits per heavy atom. The Kier molecular flexibility index (Phi) is 8.05. The molecule has 0 radical (unpaired) electrons. The van der Waals surface area contributed by atoms with Crippen molar-refractivity contribution in [2.24, 2.45) is 29.1 Å². The second kappa shape index (κ2) is 12.3. The SMILES string of the molecule is COC1=CCC2C(=C1)C1CC1(C(=O)N1CC3CCCC(C(C)=O)CC3C1)Cn1c2c(C2CCCCC2)c2ccc(C(=O)NSC3CC3)cc21. The minimum absolute atomic E-state index is 0.0253. The van der Waals surface area contributed by atoms with Crippen LogP contribution < -0.4 is 4.72 Å². The van der Waals surface area contributed by atoms with Crippen LogP contribution in [-0.2, 0) is 20.9 Å². The number of carbonyl (C=O) groups is 3. The normalized spacial score (nSPS) is 32.4. The Morgan fingerprint density at radius 2 is 1.80 bits per heavy atom. The van der Waals surface area contributed by atoms with E-state index >= 15 is 4.79 Å². The van der Waals surface area contributed by atoms with Crippen molar-refractivity contribution >= 4 is 40.4 Å². The second-order valence-corrected chi connectivity index (χ2v) is 17.7. The maximum Gasteiger partial charge on any atom is 0.261 e. The average Bonchev–Trinajstić information content (AvgIpc) is 4.04. The van der Waals surface area contributed by atoms with Gasteiger partial charge in [-0.3, -0.25) is 19.1 Å². The quantitative estimate of drug-likeness (QED) is 0.299. The number of nitrogens with zero attached hydrogens (tertiary/aromatic N) is 2. The molecule has 7 nitrogen and oxygen atoms in total. The molecule has 2 amide bonds. The summed E-state index contributed by atoms with van der Waals surface area (Å²) in [6.07, 6.45) is 18.9. The van der Waals surface area contributed by atoms with Gasteiger partial charge in [0.15, 0.2) is 0 Å². The zero-order chi connectivity index (χ0) is 33.4. The molecule has 260 valence electrons. The van der Waals surface area contributed by atoms with Crippen LogP contribution in [0.25, 0.3) is 10.9 Å². The third-order valence-electron chi connectivity index (χ3n) is 13.6. The number of fused-ring (bicyclic) bond motifs is 8. The highest BCUT2D eigenvalue weighted by atomic mass is 32.2. The molecular formula is C41H51N3O4S. The number of aromatic nitrogens is 1. The Balaban J connectivity index is 1.14. The number of ether oxygens (including phenoxy) is 1. The molecule has 6 unspecified atom stereocenters. The molecular weight excluding hydrogens is 631 g/mol. The van der Waals surface area contributed by atoms with Crippen molar-refractivity contribution < 1.29 is 19.1 Å². The lowest BCUT2D eigenvalue weighted by Gasteiger charge is -2.29. The zero-order valence-corrected chi connectivity index (χ0v) is 30.0. The summed E-state index contributed by atoms with van der Waals surface area (Å²) in [5, 5.41) is 1.82. The predicted octanol–water partition coefficient (Wildman–Crippen LogP) is 8.05. The van der Waals surface area contributed by atoms with Gasteiger partial charge < -0.3 is 14.2 Å². The van der Waals surface area contributed by atoms with Gasteiger partial charge >= 0.3 is 0 Å². The average molecular weight is 682 g/mol. The van der Waals surface area contributed by atoms with Gasteiger partial charge in [-0.05, 0) is 130 Å². The molecule has 2 aromatic rings. The number of amides is 2. The molecule has 1 aromatic heterocycles. The Hall–Kier alpha value is -3.00. The molecule has 3 heterocycles. The second-order valence-electron chi connectivity index (χ2n) is 16.6. The molecule has 49 heavy (non-hydrogen) atoms. The van der Waals surface area contributed by atoms with Gasteiger partial charge in [0, 0.05) is 58.9 Å². The molecule has 0 spiro atoms. The summed E-state index contributed by atoms with van der Waals surface area (Å²) in [5.74, 6) is 3.44. The van der Waals surface area contributed by atoms with Crippen LogP contribution in [0, 0.1) is 29.1 Å². The molecule has 7 aliphatic rings. The van der Waals surface area contributed by atoms with Gasteiger partial charge in [0.05, 0.1) is 12.5 Å². The zero-order valence-electron chi connectivity index (χ0n) is 29.2. The van der Waals surface area contributed by atoms with Crippen LogP contribution in [0.1, 0.15) is 124 Å². The van der Waals surface area contributed by atoms with Crippen molar-refractivity contribution in [3.05, 3.63) is 58.5 Å². The number of nitrogens with one attached hydrogen (secondary N) is 1. The molecule has 4 saturated carbocycles. The van der Waals surface area contributed by atoms with Crippen molar-refractivity contribution in [1.29, 1.82) is 0 Å². The molecule has 0 bridgehead atoms. The molecule has 5 aliphatic carbocycles. The Bertz CT molecular complexity index is 1760. The number of Topliss-reactive ketones (excluding diaryl/α,β-unsaturated/α-hetero) is 1. The summed E-state index contributed by atoms with van der Waals surface area (Å²) in [6.45, 7) is 4.02. The number of methoxy groups -OCH3 is 1. The minimum Gasteiger partial charge on any atom is -0.497 e. The van der Waals surface area contributed by atoms with Crippen molar-refractivity contribution in [3.63, 3.8) is 0 Å². The summed E-state index contributed by atoms with van der Waals surface area (Å²) >= 11 is 1.56. The summed E-state index contributed by atoms with van der Waals surface area (Å²) < 4.78 is 11.5. The van der Waals surface area contributed by atoms with E-state index in [0.717, 1.165) is 62.9 Å². The maximum atomic E-state index is 15.1. The number of rotatable bonds is 7. The van der Waals surface area contributed by atoms with E-state index in [9.17, 15) is 9.59 Å². The third-order valence-corrected chi connectivity index (χ3v) is 14.7. The number of carbonyl (C=O) groups excluding carboxylic acids is 3. The van der Waals surface area contributed by atoms with Crippen molar-refractivity contribution in [1.82, 2.24) is 14.2 Å². The predicted molar refractivity (Wildman–Crippen MR) is 193 cm³/mol. The maximum absolute atomic E-state index is 15.1. The van der Waals surface area contributed by atoms with E-state index in [0.29, 0.717) is 46.8 Å². The van der Waals surface area contributed by atoms with Crippen molar-refractivity contribution in [2.45, 2.75) is 114 Å². The molecule has 6 atom stereocenters. The lowest BCUT2D eigenvalue weighted by atomic mass is 9.77. The fourth-order valence-electron chi connectivity index (χ4n) is 10.7. The summed E-state index contributed by atoms with van der Waals surface area (Å²) in [4.78, 5) is 43.1. The third kappa shape index (κ3) is 5.50. The number of hydrogen-bond donors (Lipinski definition) is 1. The highest BCUT2D eigenvalue weighted by molar-refractivity contribution is 7.98. The summed E-state index contributed by atoms with van der Waals surface area (Å²) in [6, 6.07) is 6.38. The Morgan fingerprint density at radius 3 is 2.57 bits per heavy atom. The van der Waals surface area contributed by atoms with E-state index in [2.05, 4.69) is 38.5 Å². The van der Waals surface area contributed by atoms with Crippen molar-refractivity contribution in [3.8, 4) is 0 Å². The van der Waals surface area contributed by atoms with Gasteiger partial charge in [-0.25, -0.2) is 0 Å². The molecule has 2 aliphatic heterocycles. The van der Waals surface area contributed by atoms with E-state index < -0.39 is 5.41 Å². The summed E-state index contributed by atoms with van der Waals surface area (Å²) in [7, 11) is 1.76. The first-order valence-electron chi connectivity index (χ1n) is 19.2. The number of ketones is 1. The molecule has 1 N–H and O–H groups in total. The van der Waals surface area contributed by atoms with Gasteiger partial charge in [0.25, 0.3) is 5.91 Å². The first-order valence-corrected chi connectivity index (χ1v) is 20.1. The van der Waals surface area contributed by atoms with Gasteiger partial charge in [-0.2, -0.15) is 0 Å². The summed E-state index contributed by atoms with van der Waals surface area (Å²) in [5.41, 5.74) is 5.56. The number of likely N-dealkylation sites (tertiary alicyclic amines) is 1. The van der Waals surface area contributed by atoms with Gasteiger partial charge in [0.2, 0.25) is 5.91 Å².